The molecule has 100 valence electrons. The second-order valence-corrected chi connectivity index (χ2v) is 5.40. The minimum absolute atomic E-state index is 0.0311. The van der Waals surface area contributed by atoms with Gasteiger partial charge in [0.15, 0.2) is 5.13 Å². The molecule has 0 aliphatic carbocycles. The van der Waals surface area contributed by atoms with E-state index in [1.165, 1.54) is 11.3 Å². The third kappa shape index (κ3) is 5.77. The minimum atomic E-state index is -0.796. The van der Waals surface area contributed by atoms with Crippen molar-refractivity contribution in [3.05, 3.63) is 11.1 Å². The molecule has 1 heterocycles. The Balaban J connectivity index is 2.38. The predicted octanol–water partition coefficient (Wildman–Crippen LogP) is 2.54. The minimum Gasteiger partial charge on any atom is -0.481 e. The molecular weight excluding hydrogens is 252 g/mol. The van der Waals surface area contributed by atoms with Crippen molar-refractivity contribution in [1.29, 1.82) is 0 Å². The lowest BCUT2D eigenvalue weighted by Crippen LogP contribution is -2.13. The summed E-state index contributed by atoms with van der Waals surface area (Å²) in [6, 6.07) is 0. The van der Waals surface area contributed by atoms with Crippen molar-refractivity contribution in [2.45, 2.75) is 39.5 Å². The van der Waals surface area contributed by atoms with Gasteiger partial charge < -0.3 is 10.4 Å². The largest absolute Gasteiger partial charge is 0.481 e. The average molecular weight is 270 g/mol. The summed E-state index contributed by atoms with van der Waals surface area (Å²) in [6.45, 7) is 3.97. The molecule has 0 unspecified atom stereocenters. The van der Waals surface area contributed by atoms with Gasteiger partial charge in [-0.05, 0) is 18.8 Å². The maximum Gasteiger partial charge on any atom is 0.303 e. The first-order valence-electron chi connectivity index (χ1n) is 5.93. The quantitative estimate of drug-likeness (QED) is 0.798. The molecule has 0 aliphatic rings. The first-order chi connectivity index (χ1) is 8.47. The van der Waals surface area contributed by atoms with Gasteiger partial charge in [0, 0.05) is 18.2 Å². The molecule has 0 aliphatic heterocycles. The fourth-order valence-corrected chi connectivity index (χ4v) is 2.20. The highest BCUT2D eigenvalue weighted by Crippen LogP contribution is 2.17. The number of thiazole rings is 1. The second kappa shape index (κ2) is 7.10. The lowest BCUT2D eigenvalue weighted by molar-refractivity contribution is -0.137. The van der Waals surface area contributed by atoms with Gasteiger partial charge in [0.05, 0.1) is 5.69 Å². The van der Waals surface area contributed by atoms with E-state index in [4.69, 9.17) is 5.11 Å². The van der Waals surface area contributed by atoms with Gasteiger partial charge in [0.2, 0.25) is 5.91 Å². The number of aliphatic carboxylic acids is 1. The highest BCUT2D eigenvalue weighted by molar-refractivity contribution is 7.13. The number of hydrogen-bond acceptors (Lipinski definition) is 4. The van der Waals surface area contributed by atoms with Crippen LogP contribution in [0.3, 0.4) is 0 Å². The molecule has 1 rings (SSSR count). The zero-order chi connectivity index (χ0) is 13.5. The Morgan fingerprint density at radius 1 is 1.50 bits per heavy atom. The van der Waals surface area contributed by atoms with Gasteiger partial charge in [0.1, 0.15) is 0 Å². The maximum absolute atomic E-state index is 11.5. The lowest BCUT2D eigenvalue weighted by Gasteiger charge is -2.03. The van der Waals surface area contributed by atoms with Crippen LogP contribution in [0.4, 0.5) is 5.13 Å². The highest BCUT2D eigenvalue weighted by Gasteiger charge is 2.08. The van der Waals surface area contributed by atoms with Gasteiger partial charge in [-0.1, -0.05) is 13.8 Å². The van der Waals surface area contributed by atoms with E-state index in [-0.39, 0.29) is 12.3 Å². The van der Waals surface area contributed by atoms with Crippen molar-refractivity contribution in [1.82, 2.24) is 4.98 Å². The number of aromatic nitrogens is 1. The number of anilines is 1. The normalized spacial score (nSPS) is 10.6. The Hall–Kier alpha value is -1.43. The fraction of sp³-hybridized carbons (Fsp3) is 0.583. The molecule has 0 bridgehead atoms. The van der Waals surface area contributed by atoms with Crippen molar-refractivity contribution in [2.24, 2.45) is 5.92 Å². The monoisotopic (exact) mass is 270 g/mol. The molecule has 2 N–H and O–H groups in total. The van der Waals surface area contributed by atoms with E-state index in [9.17, 15) is 9.59 Å². The molecule has 0 atom stereocenters. The van der Waals surface area contributed by atoms with Crippen LogP contribution >= 0.6 is 11.3 Å². The molecule has 18 heavy (non-hydrogen) atoms. The summed E-state index contributed by atoms with van der Waals surface area (Å²) >= 11 is 1.37. The van der Waals surface area contributed by atoms with Gasteiger partial charge in [-0.25, -0.2) is 4.98 Å². The van der Waals surface area contributed by atoms with Crippen molar-refractivity contribution >= 4 is 28.3 Å². The SMILES string of the molecule is CC(C)CC(=O)Nc1nc(CCCC(=O)O)cs1. The summed E-state index contributed by atoms with van der Waals surface area (Å²) in [5, 5.41) is 13.7. The van der Waals surface area contributed by atoms with Crippen LogP contribution in [0.5, 0.6) is 0 Å². The van der Waals surface area contributed by atoms with E-state index in [2.05, 4.69) is 10.3 Å². The molecule has 0 saturated carbocycles. The molecule has 5 nitrogen and oxygen atoms in total. The van der Waals surface area contributed by atoms with E-state index in [1.54, 1.807) is 0 Å². The summed E-state index contributed by atoms with van der Waals surface area (Å²) < 4.78 is 0. The number of carboxylic acids is 1. The van der Waals surface area contributed by atoms with Gasteiger partial charge in [-0.15, -0.1) is 11.3 Å². The Morgan fingerprint density at radius 3 is 2.83 bits per heavy atom. The van der Waals surface area contributed by atoms with Gasteiger partial charge in [-0.3, -0.25) is 9.59 Å². The standard InChI is InChI=1S/C12H18N2O3S/c1-8(2)6-10(15)14-12-13-9(7-18-12)4-3-5-11(16)17/h7-8H,3-6H2,1-2H3,(H,16,17)(H,13,14,15). The molecular formula is C12H18N2O3S. The van der Waals surface area contributed by atoms with Gasteiger partial charge in [-0.2, -0.15) is 0 Å². The molecule has 1 aromatic rings. The van der Waals surface area contributed by atoms with Crippen LogP contribution in [0.15, 0.2) is 5.38 Å². The smallest absolute Gasteiger partial charge is 0.303 e. The van der Waals surface area contributed by atoms with Crippen molar-refractivity contribution in [2.75, 3.05) is 5.32 Å². The number of carbonyl (C=O) groups is 2. The van der Waals surface area contributed by atoms with Crippen LogP contribution in [-0.2, 0) is 16.0 Å². The zero-order valence-electron chi connectivity index (χ0n) is 10.6. The van der Waals surface area contributed by atoms with Crippen LogP contribution in [0.1, 0.15) is 38.8 Å². The average Bonchev–Trinajstić information content (AvgIpc) is 2.63. The van der Waals surface area contributed by atoms with E-state index in [0.29, 0.717) is 30.3 Å². The number of carbonyl (C=O) groups excluding carboxylic acids is 1. The van der Waals surface area contributed by atoms with Crippen molar-refractivity contribution < 1.29 is 14.7 Å². The molecule has 6 heteroatoms. The van der Waals surface area contributed by atoms with Gasteiger partial charge in [0.25, 0.3) is 0 Å². The second-order valence-electron chi connectivity index (χ2n) is 4.54. The number of amides is 1. The number of carboxylic acid groups (broad SMARTS) is 1. The third-order valence-corrected chi connectivity index (χ3v) is 3.02. The molecule has 1 amide bonds. The molecule has 0 aromatic carbocycles. The molecule has 0 fully saturated rings. The van der Waals surface area contributed by atoms with Crippen molar-refractivity contribution in [3.8, 4) is 0 Å². The molecule has 0 spiro atoms. The zero-order valence-corrected chi connectivity index (χ0v) is 11.4. The fourth-order valence-electron chi connectivity index (χ4n) is 1.44. The van der Waals surface area contributed by atoms with E-state index in [0.717, 1.165) is 5.69 Å². The Morgan fingerprint density at radius 2 is 2.22 bits per heavy atom. The third-order valence-electron chi connectivity index (χ3n) is 2.22. The first kappa shape index (κ1) is 14.6. The molecule has 1 aromatic heterocycles. The number of hydrogen-bond donors (Lipinski definition) is 2. The molecule has 0 saturated heterocycles. The summed E-state index contributed by atoms with van der Waals surface area (Å²) in [6.07, 6.45) is 1.82. The Bertz CT molecular complexity index is 415. The number of nitrogens with zero attached hydrogens (tertiary/aromatic N) is 1. The summed E-state index contributed by atoms with van der Waals surface area (Å²) in [5.74, 6) is -0.507. The maximum atomic E-state index is 11.5. The Kier molecular flexibility index (Phi) is 5.77. The predicted molar refractivity (Wildman–Crippen MR) is 70.8 cm³/mol. The summed E-state index contributed by atoms with van der Waals surface area (Å²) in [5.41, 5.74) is 0.834. The summed E-state index contributed by atoms with van der Waals surface area (Å²) in [4.78, 5) is 26.1. The van der Waals surface area contributed by atoms with E-state index in [1.807, 2.05) is 19.2 Å². The number of rotatable bonds is 7. The van der Waals surface area contributed by atoms with Crippen LogP contribution in [-0.4, -0.2) is 22.0 Å². The highest BCUT2D eigenvalue weighted by atomic mass is 32.1. The number of nitrogens with one attached hydrogen (secondary N) is 1. The first-order valence-corrected chi connectivity index (χ1v) is 6.81. The van der Waals surface area contributed by atoms with E-state index < -0.39 is 5.97 Å². The van der Waals surface area contributed by atoms with Crippen LogP contribution in [0, 0.1) is 5.92 Å². The van der Waals surface area contributed by atoms with Crippen LogP contribution in [0.2, 0.25) is 0 Å². The summed E-state index contributed by atoms with van der Waals surface area (Å²) in [7, 11) is 0. The topological polar surface area (TPSA) is 79.3 Å². The Labute approximate surface area is 110 Å². The van der Waals surface area contributed by atoms with Crippen LogP contribution in [0.25, 0.3) is 0 Å². The number of aryl methyl sites for hydroxylation is 1. The van der Waals surface area contributed by atoms with Crippen molar-refractivity contribution in [3.63, 3.8) is 0 Å². The molecule has 0 radical (unpaired) electrons. The van der Waals surface area contributed by atoms with Crippen LogP contribution < -0.4 is 5.32 Å². The van der Waals surface area contributed by atoms with Gasteiger partial charge >= 0.3 is 5.97 Å². The lowest BCUT2D eigenvalue weighted by atomic mass is 10.1. The van der Waals surface area contributed by atoms with E-state index >= 15 is 0 Å².